The summed E-state index contributed by atoms with van der Waals surface area (Å²) in [6.45, 7) is 1.97. The number of hydrogen-bond donors (Lipinski definition) is 2. The van der Waals surface area contributed by atoms with Crippen LogP contribution in [-0.4, -0.2) is 86.6 Å². The highest BCUT2D eigenvalue weighted by Crippen LogP contribution is 2.51. The second kappa shape index (κ2) is 10.8. The van der Waals surface area contributed by atoms with E-state index in [0.717, 1.165) is 71.0 Å². The number of aromatic amines is 1. The molecule has 9 nitrogen and oxygen atoms in total. The van der Waals surface area contributed by atoms with Gasteiger partial charge in [-0.3, -0.25) is 19.6 Å². The largest absolute Gasteiger partial charge is 0.481 e. The number of carbonyl (C=O) groups is 2. The van der Waals surface area contributed by atoms with E-state index in [9.17, 15) is 22.8 Å². The minimum Gasteiger partial charge on any atom is -0.481 e. The Balaban J connectivity index is 1.05. The fourth-order valence-electron chi connectivity index (χ4n) is 7.56. The first-order valence-corrected chi connectivity index (χ1v) is 15.0. The first-order chi connectivity index (χ1) is 20.0. The van der Waals surface area contributed by atoms with E-state index in [2.05, 4.69) is 20.5 Å². The minimum atomic E-state index is -2.71. The Morgan fingerprint density at radius 3 is 2.57 bits per heavy atom. The van der Waals surface area contributed by atoms with Crippen LogP contribution in [0.1, 0.15) is 81.6 Å². The van der Waals surface area contributed by atoms with Crippen molar-refractivity contribution in [2.24, 2.45) is 5.92 Å². The Bertz CT molecular complexity index is 1330. The number of nitrogens with zero attached hydrogens (tertiary/aromatic N) is 4. The van der Waals surface area contributed by atoms with E-state index in [-0.39, 0.29) is 64.2 Å². The van der Waals surface area contributed by atoms with Gasteiger partial charge in [0, 0.05) is 48.1 Å². The standard InChI is InChI=1S/C30H39F3N6O3/c1-28(32,33)18-38-12-3-7-29(38)8-4-20(5-9-29)35-26(40)19-6-13-39(30(16-19)10-11-30)27(41)24-15-23(36-37-24)21-14-25(42-2)34-17-22(21)31/h14-15,17,19-20H,3-13,16,18H2,1-2H3,(H,35,40)(H,36,37). The molecular weight excluding hydrogens is 549 g/mol. The summed E-state index contributed by atoms with van der Waals surface area (Å²) in [6, 6.07) is 3.03. The normalized spacial score (nSPS) is 27.4. The predicted octanol–water partition coefficient (Wildman–Crippen LogP) is 4.55. The van der Waals surface area contributed by atoms with E-state index in [1.54, 1.807) is 0 Å². The Kier molecular flexibility index (Phi) is 7.47. The van der Waals surface area contributed by atoms with E-state index in [1.807, 2.05) is 9.80 Å². The molecular formula is C30H39F3N6O3. The minimum absolute atomic E-state index is 0.0311. The smallest absolute Gasteiger partial charge is 0.272 e. The molecule has 4 aliphatic rings. The van der Waals surface area contributed by atoms with E-state index in [1.165, 1.54) is 19.2 Å². The molecule has 42 heavy (non-hydrogen) atoms. The number of methoxy groups -OCH3 is 1. The van der Waals surface area contributed by atoms with Gasteiger partial charge in [0.1, 0.15) is 5.69 Å². The van der Waals surface area contributed by atoms with Crippen LogP contribution in [0.25, 0.3) is 11.3 Å². The highest BCUT2D eigenvalue weighted by molar-refractivity contribution is 5.94. The van der Waals surface area contributed by atoms with Gasteiger partial charge in [-0.2, -0.15) is 5.10 Å². The molecule has 4 fully saturated rings. The van der Waals surface area contributed by atoms with Crippen molar-refractivity contribution in [3.05, 3.63) is 29.8 Å². The molecule has 2 amide bonds. The zero-order chi connectivity index (χ0) is 29.7. The number of piperidine rings is 1. The molecule has 4 heterocycles. The zero-order valence-electron chi connectivity index (χ0n) is 24.2. The summed E-state index contributed by atoms with van der Waals surface area (Å²) in [6.07, 6.45) is 9.04. The second-order valence-corrected chi connectivity index (χ2v) is 12.8. The number of carbonyl (C=O) groups excluding carboxylic acids is 2. The third-order valence-corrected chi connectivity index (χ3v) is 9.94. The predicted molar refractivity (Wildman–Crippen MR) is 149 cm³/mol. The lowest BCUT2D eigenvalue weighted by atomic mass is 9.77. The van der Waals surface area contributed by atoms with Crippen LogP contribution in [0.3, 0.4) is 0 Å². The van der Waals surface area contributed by atoms with Crippen LogP contribution < -0.4 is 10.1 Å². The van der Waals surface area contributed by atoms with Gasteiger partial charge in [0.2, 0.25) is 11.8 Å². The lowest BCUT2D eigenvalue weighted by molar-refractivity contribution is -0.128. The fraction of sp³-hybridized carbons (Fsp3) is 0.667. The van der Waals surface area contributed by atoms with Crippen molar-refractivity contribution in [2.45, 2.75) is 94.2 Å². The Morgan fingerprint density at radius 2 is 1.88 bits per heavy atom. The molecule has 1 unspecified atom stereocenters. The van der Waals surface area contributed by atoms with Crippen molar-refractivity contribution in [1.82, 2.24) is 30.3 Å². The van der Waals surface area contributed by atoms with Gasteiger partial charge in [-0.25, -0.2) is 18.2 Å². The number of ether oxygens (including phenoxy) is 1. The van der Waals surface area contributed by atoms with Crippen molar-refractivity contribution < 1.29 is 27.5 Å². The molecule has 6 rings (SSSR count). The second-order valence-electron chi connectivity index (χ2n) is 12.8. The Hall–Kier alpha value is -3.15. The third kappa shape index (κ3) is 5.61. The van der Waals surface area contributed by atoms with Gasteiger partial charge < -0.3 is 15.0 Å². The van der Waals surface area contributed by atoms with Gasteiger partial charge in [-0.1, -0.05) is 0 Å². The molecule has 2 saturated heterocycles. The van der Waals surface area contributed by atoms with Gasteiger partial charge in [0.05, 0.1) is 25.5 Å². The summed E-state index contributed by atoms with van der Waals surface area (Å²) >= 11 is 0. The quantitative estimate of drug-likeness (QED) is 0.492. The molecule has 0 aromatic carbocycles. The molecule has 2 saturated carbocycles. The van der Waals surface area contributed by atoms with Gasteiger partial charge in [-0.05, 0) is 76.8 Å². The van der Waals surface area contributed by atoms with Gasteiger partial charge in [-0.15, -0.1) is 0 Å². The Morgan fingerprint density at radius 1 is 1.12 bits per heavy atom. The number of nitrogens with one attached hydrogen (secondary N) is 2. The summed E-state index contributed by atoms with van der Waals surface area (Å²) in [7, 11) is 1.44. The molecule has 2 aromatic rings. The van der Waals surface area contributed by atoms with Crippen LogP contribution in [0, 0.1) is 11.7 Å². The zero-order valence-corrected chi connectivity index (χ0v) is 24.2. The number of H-pyrrole nitrogens is 1. The number of rotatable bonds is 7. The maximum atomic E-state index is 14.4. The SMILES string of the molecule is COc1cc(-c2cc(C(=O)N3CCC(C(=O)NC4CCC5(CCCN5CC(C)(F)F)CC4)CC34CC4)[nH]n2)c(F)cn1. The summed E-state index contributed by atoms with van der Waals surface area (Å²) in [5.41, 5.74) is 0.236. The number of halogens is 3. The van der Waals surface area contributed by atoms with Gasteiger partial charge >= 0.3 is 0 Å². The van der Waals surface area contributed by atoms with Crippen LogP contribution >= 0.6 is 0 Å². The van der Waals surface area contributed by atoms with Crippen molar-refractivity contribution in [3.8, 4) is 17.1 Å². The number of pyridine rings is 1. The van der Waals surface area contributed by atoms with Crippen LogP contribution in [0.2, 0.25) is 0 Å². The topological polar surface area (TPSA) is 103 Å². The molecule has 228 valence electrons. The molecule has 2 aromatic heterocycles. The number of hydrogen-bond acceptors (Lipinski definition) is 6. The number of aromatic nitrogens is 3. The molecule has 2 aliphatic heterocycles. The first kappa shape index (κ1) is 28.9. The molecule has 2 aliphatic carbocycles. The van der Waals surface area contributed by atoms with Gasteiger partial charge in [0.25, 0.3) is 11.8 Å². The third-order valence-electron chi connectivity index (χ3n) is 9.94. The van der Waals surface area contributed by atoms with Crippen molar-refractivity contribution in [2.75, 3.05) is 26.7 Å². The number of likely N-dealkylation sites (tertiary alicyclic amines) is 2. The first-order valence-electron chi connectivity index (χ1n) is 15.0. The lowest BCUT2D eigenvalue weighted by Crippen LogP contribution is -2.54. The van der Waals surface area contributed by atoms with Crippen molar-refractivity contribution in [1.29, 1.82) is 0 Å². The van der Waals surface area contributed by atoms with Crippen molar-refractivity contribution >= 4 is 11.8 Å². The molecule has 0 radical (unpaired) electrons. The van der Waals surface area contributed by atoms with Crippen molar-refractivity contribution in [3.63, 3.8) is 0 Å². The molecule has 0 bridgehead atoms. The van der Waals surface area contributed by atoms with E-state index >= 15 is 0 Å². The van der Waals surface area contributed by atoms with E-state index in [4.69, 9.17) is 4.74 Å². The summed E-state index contributed by atoms with van der Waals surface area (Å²) < 4.78 is 47.0. The lowest BCUT2D eigenvalue weighted by Gasteiger charge is -2.45. The maximum absolute atomic E-state index is 14.4. The summed E-state index contributed by atoms with van der Waals surface area (Å²) in [5.74, 6) is -3.38. The highest BCUT2D eigenvalue weighted by Gasteiger charge is 2.55. The molecule has 2 N–H and O–H groups in total. The molecule has 1 atom stereocenters. The van der Waals surface area contributed by atoms with Crippen LogP contribution in [0.5, 0.6) is 5.88 Å². The van der Waals surface area contributed by atoms with Crippen LogP contribution in [-0.2, 0) is 4.79 Å². The maximum Gasteiger partial charge on any atom is 0.272 e. The van der Waals surface area contributed by atoms with E-state index < -0.39 is 11.7 Å². The molecule has 12 heteroatoms. The molecule has 2 spiro atoms. The Labute approximate surface area is 243 Å². The number of amides is 2. The average molecular weight is 589 g/mol. The fourth-order valence-corrected chi connectivity index (χ4v) is 7.56. The highest BCUT2D eigenvalue weighted by atomic mass is 19.3. The van der Waals surface area contributed by atoms with Crippen LogP contribution in [0.15, 0.2) is 18.3 Å². The summed E-state index contributed by atoms with van der Waals surface area (Å²) in [4.78, 5) is 34.5. The summed E-state index contributed by atoms with van der Waals surface area (Å²) in [5, 5.41) is 10.2. The monoisotopic (exact) mass is 588 g/mol. The van der Waals surface area contributed by atoms with E-state index in [0.29, 0.717) is 19.4 Å². The average Bonchev–Trinajstić information content (AvgIpc) is 3.36. The van der Waals surface area contributed by atoms with Gasteiger partial charge in [0.15, 0.2) is 5.82 Å². The number of alkyl halides is 2. The van der Waals surface area contributed by atoms with Crippen LogP contribution in [0.4, 0.5) is 13.2 Å².